The van der Waals surface area contributed by atoms with Gasteiger partial charge in [0.15, 0.2) is 0 Å². The van der Waals surface area contributed by atoms with Gasteiger partial charge in [0.2, 0.25) is 6.10 Å². The van der Waals surface area contributed by atoms with Crippen LogP contribution < -0.4 is 5.32 Å². The fourth-order valence-electron chi connectivity index (χ4n) is 1.96. The zero-order valence-electron chi connectivity index (χ0n) is 10.5. The van der Waals surface area contributed by atoms with E-state index in [9.17, 15) is 26.4 Å². The van der Waals surface area contributed by atoms with Gasteiger partial charge in [-0.3, -0.25) is 4.55 Å². The van der Waals surface area contributed by atoms with Gasteiger partial charge in [-0.05, 0) is 12.8 Å². The second-order valence-electron chi connectivity index (χ2n) is 4.66. The van der Waals surface area contributed by atoms with E-state index in [0.717, 1.165) is 19.3 Å². The molecule has 0 aromatic heterocycles. The topological polar surface area (TPSA) is 92.7 Å². The number of rotatable bonds is 4. The number of hydrogen-bond donors (Lipinski definition) is 2. The average molecular weight is 319 g/mol. The molecule has 0 aromatic rings. The predicted octanol–water partition coefficient (Wildman–Crippen LogP) is 1.86. The molecule has 1 aliphatic rings. The van der Waals surface area contributed by atoms with E-state index >= 15 is 0 Å². The summed E-state index contributed by atoms with van der Waals surface area (Å²) in [5, 5.41) is 2.27. The summed E-state index contributed by atoms with van der Waals surface area (Å²) in [6.45, 7) is 0. The maximum absolute atomic E-state index is 12.5. The van der Waals surface area contributed by atoms with Gasteiger partial charge < -0.3 is 10.1 Å². The molecule has 6 nitrogen and oxygen atoms in total. The highest BCUT2D eigenvalue weighted by molar-refractivity contribution is 7.85. The molecular formula is C10H16F3NO5S. The Bertz CT molecular complexity index is 431. The number of carbonyl (C=O) groups excluding carboxylic acids is 1. The monoisotopic (exact) mass is 319 g/mol. The standard InChI is InChI=1S/C10H16F3NO5S/c11-10(12,13)8(6-20(16,17)18)19-9(15)14-7-4-2-1-3-5-7/h7-8H,1-6H2,(H,14,15)(H,16,17,18). The second-order valence-corrected chi connectivity index (χ2v) is 6.16. The summed E-state index contributed by atoms with van der Waals surface area (Å²) in [4.78, 5) is 11.3. The number of alkyl carbamates (subject to hydrolysis) is 1. The van der Waals surface area contributed by atoms with Gasteiger partial charge >= 0.3 is 12.3 Å². The summed E-state index contributed by atoms with van der Waals surface area (Å²) in [5.74, 6) is -1.71. The van der Waals surface area contributed by atoms with Crippen molar-refractivity contribution in [1.29, 1.82) is 0 Å². The summed E-state index contributed by atoms with van der Waals surface area (Å²) in [7, 11) is -4.91. The summed E-state index contributed by atoms with van der Waals surface area (Å²) < 4.78 is 71.1. The van der Waals surface area contributed by atoms with Crippen molar-refractivity contribution in [2.24, 2.45) is 0 Å². The van der Waals surface area contributed by atoms with E-state index in [1.54, 1.807) is 0 Å². The quantitative estimate of drug-likeness (QED) is 0.772. The van der Waals surface area contributed by atoms with Crippen molar-refractivity contribution < 1.29 is 35.7 Å². The first kappa shape index (κ1) is 17.0. The van der Waals surface area contributed by atoms with Crippen LogP contribution in [0.4, 0.5) is 18.0 Å². The second kappa shape index (κ2) is 6.61. The molecule has 118 valence electrons. The molecule has 20 heavy (non-hydrogen) atoms. The molecule has 0 aromatic carbocycles. The molecule has 0 saturated heterocycles. The van der Waals surface area contributed by atoms with E-state index in [0.29, 0.717) is 12.8 Å². The van der Waals surface area contributed by atoms with Gasteiger partial charge in [-0.25, -0.2) is 4.79 Å². The maximum Gasteiger partial charge on any atom is 0.426 e. The Morgan fingerprint density at radius 1 is 1.30 bits per heavy atom. The van der Waals surface area contributed by atoms with Crippen LogP contribution >= 0.6 is 0 Å². The van der Waals surface area contributed by atoms with Gasteiger partial charge in [-0.2, -0.15) is 21.6 Å². The number of halogens is 3. The molecule has 1 aliphatic carbocycles. The van der Waals surface area contributed by atoms with Gasteiger partial charge in [-0.1, -0.05) is 19.3 Å². The first-order valence-electron chi connectivity index (χ1n) is 6.07. The Hall–Kier alpha value is -1.03. The lowest BCUT2D eigenvalue weighted by atomic mass is 9.96. The van der Waals surface area contributed by atoms with Crippen LogP contribution in [-0.2, 0) is 14.9 Å². The molecule has 10 heteroatoms. The largest absolute Gasteiger partial charge is 0.435 e. The highest BCUT2D eigenvalue weighted by Crippen LogP contribution is 2.24. The third-order valence-electron chi connectivity index (χ3n) is 2.90. The highest BCUT2D eigenvalue weighted by atomic mass is 32.2. The van der Waals surface area contributed by atoms with Crippen molar-refractivity contribution in [3.05, 3.63) is 0 Å². The minimum Gasteiger partial charge on any atom is -0.435 e. The SMILES string of the molecule is O=C(NC1CCCCC1)OC(CS(=O)(=O)O)C(F)(F)F. The third kappa shape index (κ3) is 6.42. The molecule has 0 heterocycles. The zero-order valence-corrected chi connectivity index (χ0v) is 11.3. The van der Waals surface area contributed by atoms with Crippen molar-refractivity contribution >= 4 is 16.2 Å². The molecule has 1 fully saturated rings. The molecule has 1 amide bonds. The first-order valence-corrected chi connectivity index (χ1v) is 7.68. The Morgan fingerprint density at radius 2 is 1.85 bits per heavy atom. The Morgan fingerprint density at radius 3 is 2.30 bits per heavy atom. The zero-order chi connectivity index (χ0) is 15.4. The number of carbonyl (C=O) groups is 1. The van der Waals surface area contributed by atoms with Crippen molar-refractivity contribution in [2.45, 2.75) is 50.4 Å². The van der Waals surface area contributed by atoms with E-state index in [-0.39, 0.29) is 6.04 Å². The lowest BCUT2D eigenvalue weighted by molar-refractivity contribution is -0.196. The fraction of sp³-hybridized carbons (Fsp3) is 0.900. The van der Waals surface area contributed by atoms with Gasteiger partial charge in [0.25, 0.3) is 10.1 Å². The molecule has 0 radical (unpaired) electrons. The third-order valence-corrected chi connectivity index (χ3v) is 3.63. The number of alkyl halides is 3. The van der Waals surface area contributed by atoms with Crippen LogP contribution in [0.25, 0.3) is 0 Å². The van der Waals surface area contributed by atoms with Crippen LogP contribution in [0.1, 0.15) is 32.1 Å². The highest BCUT2D eigenvalue weighted by Gasteiger charge is 2.45. The van der Waals surface area contributed by atoms with Crippen molar-refractivity contribution in [3.63, 3.8) is 0 Å². The van der Waals surface area contributed by atoms with E-state index in [1.807, 2.05) is 0 Å². The summed E-state index contributed by atoms with van der Waals surface area (Å²) in [6, 6.07) is -0.268. The van der Waals surface area contributed by atoms with E-state index < -0.39 is 34.2 Å². The molecule has 0 aliphatic heterocycles. The molecule has 1 atom stereocenters. The smallest absolute Gasteiger partial charge is 0.426 e. The molecule has 1 rings (SSSR count). The lowest BCUT2D eigenvalue weighted by Crippen LogP contribution is -2.44. The summed E-state index contributed by atoms with van der Waals surface area (Å²) in [6.07, 6.45) is -5.28. The Labute approximate surface area is 114 Å². The van der Waals surface area contributed by atoms with Gasteiger partial charge in [0.1, 0.15) is 5.75 Å². The molecule has 1 unspecified atom stereocenters. The van der Waals surface area contributed by atoms with Gasteiger partial charge in [-0.15, -0.1) is 0 Å². The van der Waals surface area contributed by atoms with Gasteiger partial charge in [0, 0.05) is 6.04 Å². The Kier molecular flexibility index (Phi) is 5.63. The van der Waals surface area contributed by atoms with Crippen molar-refractivity contribution in [1.82, 2.24) is 5.32 Å². The minimum absolute atomic E-state index is 0.268. The number of amides is 1. The van der Waals surface area contributed by atoms with Crippen LogP contribution in [0, 0.1) is 0 Å². The van der Waals surface area contributed by atoms with Crippen molar-refractivity contribution in [2.75, 3.05) is 5.75 Å². The fourth-order valence-corrected chi connectivity index (χ4v) is 2.60. The number of ether oxygens (including phenoxy) is 1. The van der Waals surface area contributed by atoms with Crippen LogP contribution in [0.3, 0.4) is 0 Å². The van der Waals surface area contributed by atoms with Crippen LogP contribution in [0.2, 0.25) is 0 Å². The lowest BCUT2D eigenvalue weighted by Gasteiger charge is -2.24. The molecule has 1 saturated carbocycles. The van der Waals surface area contributed by atoms with Crippen LogP contribution in [0.5, 0.6) is 0 Å². The first-order chi connectivity index (χ1) is 9.08. The molecule has 0 bridgehead atoms. The van der Waals surface area contributed by atoms with Crippen molar-refractivity contribution in [3.8, 4) is 0 Å². The van der Waals surface area contributed by atoms with E-state index in [2.05, 4.69) is 10.1 Å². The van der Waals surface area contributed by atoms with Gasteiger partial charge in [0.05, 0.1) is 0 Å². The minimum atomic E-state index is -5.07. The van der Waals surface area contributed by atoms with Crippen LogP contribution in [-0.4, -0.2) is 43.1 Å². The number of nitrogens with one attached hydrogen (secondary N) is 1. The van der Waals surface area contributed by atoms with E-state index in [4.69, 9.17) is 4.55 Å². The molecular weight excluding hydrogens is 303 g/mol. The molecule has 2 N–H and O–H groups in total. The Balaban J connectivity index is 2.57. The number of hydrogen-bond acceptors (Lipinski definition) is 4. The maximum atomic E-state index is 12.5. The molecule has 0 spiro atoms. The van der Waals surface area contributed by atoms with E-state index in [1.165, 1.54) is 0 Å². The van der Waals surface area contributed by atoms with Crippen LogP contribution in [0.15, 0.2) is 0 Å². The average Bonchev–Trinajstić information content (AvgIpc) is 2.26. The summed E-state index contributed by atoms with van der Waals surface area (Å²) >= 11 is 0. The summed E-state index contributed by atoms with van der Waals surface area (Å²) in [5.41, 5.74) is 0. The predicted molar refractivity (Wildman–Crippen MR) is 62.7 cm³/mol. The normalized spacial score (nSPS) is 19.4.